The molecule has 0 bridgehead atoms. The molecule has 1 saturated carbocycles. The second kappa shape index (κ2) is 8.79. The third kappa shape index (κ3) is 6.61. The van der Waals surface area contributed by atoms with Gasteiger partial charge in [-0.05, 0) is 43.4 Å². The molecule has 0 aliphatic heterocycles. The second-order valence-electron chi connectivity index (χ2n) is 4.65. The summed E-state index contributed by atoms with van der Waals surface area (Å²) in [5.41, 5.74) is 1.22. The predicted molar refractivity (Wildman–Crippen MR) is 95.1 cm³/mol. The minimum atomic E-state index is 0. The van der Waals surface area contributed by atoms with Crippen LogP contribution in [0.1, 0.15) is 25.3 Å². The van der Waals surface area contributed by atoms with Gasteiger partial charge in [0.2, 0.25) is 0 Å². The van der Waals surface area contributed by atoms with Crippen molar-refractivity contribution >= 4 is 45.9 Å². The highest BCUT2D eigenvalue weighted by molar-refractivity contribution is 14.0. The topological polar surface area (TPSA) is 36.4 Å². The molecule has 0 saturated heterocycles. The first kappa shape index (κ1) is 16.8. The van der Waals surface area contributed by atoms with Crippen molar-refractivity contribution in [3.05, 3.63) is 34.3 Å². The molecule has 0 atom stereocenters. The van der Waals surface area contributed by atoms with Crippen LogP contribution >= 0.6 is 39.9 Å². The van der Waals surface area contributed by atoms with E-state index in [2.05, 4.69) is 62.7 Å². The number of rotatable bonds is 5. The highest BCUT2D eigenvalue weighted by Gasteiger charge is 2.20. The number of aliphatic imine (C=N–C) groups is 1. The summed E-state index contributed by atoms with van der Waals surface area (Å²) in [6.45, 7) is 4.75. The van der Waals surface area contributed by atoms with E-state index in [0.717, 1.165) is 29.4 Å². The van der Waals surface area contributed by atoms with E-state index in [1.807, 2.05) is 0 Å². The van der Waals surface area contributed by atoms with E-state index in [4.69, 9.17) is 0 Å². The molecule has 3 nitrogen and oxygen atoms in total. The lowest BCUT2D eigenvalue weighted by atomic mass is 10.2. The Kier molecular flexibility index (Phi) is 7.75. The minimum absolute atomic E-state index is 0. The van der Waals surface area contributed by atoms with Crippen molar-refractivity contribution in [2.75, 3.05) is 13.1 Å². The maximum atomic E-state index is 4.59. The Morgan fingerprint density at radius 2 is 1.95 bits per heavy atom. The van der Waals surface area contributed by atoms with Gasteiger partial charge in [0.1, 0.15) is 0 Å². The van der Waals surface area contributed by atoms with Crippen LogP contribution in [0.4, 0.5) is 0 Å². The van der Waals surface area contributed by atoms with Crippen LogP contribution < -0.4 is 10.6 Å². The first-order valence-corrected chi connectivity index (χ1v) is 7.34. The van der Waals surface area contributed by atoms with Crippen molar-refractivity contribution in [1.82, 2.24) is 10.6 Å². The molecule has 5 heteroatoms. The highest BCUT2D eigenvalue weighted by atomic mass is 127. The second-order valence-corrected chi connectivity index (χ2v) is 5.56. The minimum Gasteiger partial charge on any atom is -0.357 e. The van der Waals surface area contributed by atoms with Crippen molar-refractivity contribution in [1.29, 1.82) is 0 Å². The highest BCUT2D eigenvalue weighted by Crippen LogP contribution is 2.27. The number of nitrogens with one attached hydrogen (secondary N) is 2. The van der Waals surface area contributed by atoms with Gasteiger partial charge in [0.05, 0.1) is 6.54 Å². The lowest BCUT2D eigenvalue weighted by Gasteiger charge is -2.10. The van der Waals surface area contributed by atoms with Crippen LogP contribution in [-0.2, 0) is 6.54 Å². The zero-order valence-corrected chi connectivity index (χ0v) is 15.1. The van der Waals surface area contributed by atoms with Gasteiger partial charge >= 0.3 is 0 Å². The molecular weight excluding hydrogens is 417 g/mol. The smallest absolute Gasteiger partial charge is 0.191 e. The Hall–Kier alpha value is -0.300. The van der Waals surface area contributed by atoms with E-state index in [9.17, 15) is 0 Å². The molecule has 0 aromatic heterocycles. The molecule has 106 valence electrons. The number of hydrogen-bond donors (Lipinski definition) is 2. The number of halogens is 2. The van der Waals surface area contributed by atoms with Crippen molar-refractivity contribution in [3.8, 4) is 0 Å². The van der Waals surface area contributed by atoms with Crippen LogP contribution in [0.25, 0.3) is 0 Å². The van der Waals surface area contributed by atoms with Gasteiger partial charge in [0, 0.05) is 17.6 Å². The molecule has 0 amide bonds. The number of benzene rings is 1. The maximum absolute atomic E-state index is 4.59. The summed E-state index contributed by atoms with van der Waals surface area (Å²) in [7, 11) is 0. The van der Waals surface area contributed by atoms with E-state index < -0.39 is 0 Å². The summed E-state index contributed by atoms with van der Waals surface area (Å²) in [4.78, 5) is 4.59. The monoisotopic (exact) mass is 437 g/mol. The SMILES string of the molecule is CCNC(=NCc1ccc(Br)cc1)NCC1CC1.I. The molecule has 1 aromatic carbocycles. The Labute approximate surface area is 140 Å². The molecule has 19 heavy (non-hydrogen) atoms. The molecule has 1 fully saturated rings. The normalized spacial score (nSPS) is 14.7. The van der Waals surface area contributed by atoms with Crippen LogP contribution in [0.5, 0.6) is 0 Å². The summed E-state index contributed by atoms with van der Waals surface area (Å²) < 4.78 is 1.11. The predicted octanol–water partition coefficient (Wildman–Crippen LogP) is 3.53. The van der Waals surface area contributed by atoms with Gasteiger partial charge in [-0.3, -0.25) is 0 Å². The van der Waals surface area contributed by atoms with E-state index in [1.54, 1.807) is 0 Å². The average molecular weight is 438 g/mol. The Morgan fingerprint density at radius 3 is 2.53 bits per heavy atom. The number of guanidine groups is 1. The Morgan fingerprint density at radius 1 is 1.26 bits per heavy atom. The summed E-state index contributed by atoms with van der Waals surface area (Å²) in [6, 6.07) is 8.29. The number of hydrogen-bond acceptors (Lipinski definition) is 1. The Balaban J connectivity index is 0.00000180. The lowest BCUT2D eigenvalue weighted by Crippen LogP contribution is -2.38. The van der Waals surface area contributed by atoms with Crippen LogP contribution in [0.2, 0.25) is 0 Å². The van der Waals surface area contributed by atoms with Crippen LogP contribution in [-0.4, -0.2) is 19.0 Å². The van der Waals surface area contributed by atoms with Gasteiger partial charge in [-0.1, -0.05) is 28.1 Å². The van der Waals surface area contributed by atoms with Crippen molar-refractivity contribution in [2.24, 2.45) is 10.9 Å². The molecule has 1 aromatic rings. The molecule has 2 rings (SSSR count). The summed E-state index contributed by atoms with van der Waals surface area (Å²) in [6.07, 6.45) is 2.72. The van der Waals surface area contributed by atoms with Gasteiger partial charge in [-0.15, -0.1) is 24.0 Å². The van der Waals surface area contributed by atoms with Crippen molar-refractivity contribution in [3.63, 3.8) is 0 Å². The molecule has 0 heterocycles. The van der Waals surface area contributed by atoms with Gasteiger partial charge < -0.3 is 10.6 Å². The summed E-state index contributed by atoms with van der Waals surface area (Å²) in [5.74, 6) is 1.79. The van der Waals surface area contributed by atoms with E-state index in [0.29, 0.717) is 6.54 Å². The van der Waals surface area contributed by atoms with E-state index >= 15 is 0 Å². The zero-order chi connectivity index (χ0) is 12.8. The van der Waals surface area contributed by atoms with E-state index in [-0.39, 0.29) is 24.0 Å². The summed E-state index contributed by atoms with van der Waals surface area (Å²) in [5, 5.41) is 6.67. The first-order chi connectivity index (χ1) is 8.78. The third-order valence-corrected chi connectivity index (χ3v) is 3.46. The standard InChI is InChI=1S/C14H20BrN3.HI/c1-2-16-14(17-9-11-3-4-11)18-10-12-5-7-13(15)8-6-12;/h5-8,11H,2-4,9-10H2,1H3,(H2,16,17,18);1H. The molecule has 0 radical (unpaired) electrons. The van der Waals surface area contributed by atoms with Gasteiger partial charge in [-0.25, -0.2) is 4.99 Å². The largest absolute Gasteiger partial charge is 0.357 e. The van der Waals surface area contributed by atoms with Crippen LogP contribution in [0.15, 0.2) is 33.7 Å². The van der Waals surface area contributed by atoms with Crippen molar-refractivity contribution < 1.29 is 0 Å². The molecule has 2 N–H and O–H groups in total. The third-order valence-electron chi connectivity index (χ3n) is 2.93. The Bertz CT molecular complexity index is 402. The van der Waals surface area contributed by atoms with Crippen LogP contribution in [0, 0.1) is 5.92 Å². The molecule has 0 spiro atoms. The first-order valence-electron chi connectivity index (χ1n) is 6.54. The quantitative estimate of drug-likeness (QED) is 0.420. The lowest BCUT2D eigenvalue weighted by molar-refractivity contribution is 0.739. The van der Waals surface area contributed by atoms with Gasteiger partial charge in [0.25, 0.3) is 0 Å². The van der Waals surface area contributed by atoms with Crippen molar-refractivity contribution in [2.45, 2.75) is 26.3 Å². The fourth-order valence-electron chi connectivity index (χ4n) is 1.66. The van der Waals surface area contributed by atoms with E-state index in [1.165, 1.54) is 18.4 Å². The van der Waals surface area contributed by atoms with Crippen LogP contribution in [0.3, 0.4) is 0 Å². The molecule has 1 aliphatic carbocycles. The van der Waals surface area contributed by atoms with Gasteiger partial charge in [-0.2, -0.15) is 0 Å². The molecule has 0 unspecified atom stereocenters. The van der Waals surface area contributed by atoms with Gasteiger partial charge in [0.15, 0.2) is 5.96 Å². The average Bonchev–Trinajstić information content (AvgIpc) is 3.19. The molecular formula is C14H21BrIN3. The fraction of sp³-hybridized carbons (Fsp3) is 0.500. The zero-order valence-electron chi connectivity index (χ0n) is 11.2. The summed E-state index contributed by atoms with van der Waals surface area (Å²) >= 11 is 3.44. The maximum Gasteiger partial charge on any atom is 0.191 e. The molecule has 1 aliphatic rings. The number of nitrogens with zero attached hydrogens (tertiary/aromatic N) is 1. The fourth-order valence-corrected chi connectivity index (χ4v) is 1.93.